The number of rotatable bonds is 9. The second-order valence-electron chi connectivity index (χ2n) is 7.63. The van der Waals surface area contributed by atoms with Gasteiger partial charge in [-0.2, -0.15) is 0 Å². The number of anilines is 2. The topological polar surface area (TPSA) is 44.8 Å². The van der Waals surface area contributed by atoms with Crippen molar-refractivity contribution in [1.29, 1.82) is 0 Å². The first kappa shape index (κ1) is 22.1. The van der Waals surface area contributed by atoms with Gasteiger partial charge in [-0.25, -0.2) is 4.39 Å². The molecule has 1 amide bonds. The number of likely N-dealkylation sites (N-methyl/N-ethyl adjacent to an activating group) is 1. The number of carbonyl (C=O) groups excluding carboxylic acids is 1. The Morgan fingerprint density at radius 3 is 2.60 bits per heavy atom. The van der Waals surface area contributed by atoms with Gasteiger partial charge in [-0.05, 0) is 69.3 Å². The van der Waals surface area contributed by atoms with Crippen LogP contribution in [0.25, 0.3) is 0 Å². The monoisotopic (exact) mass is 413 g/mol. The van der Waals surface area contributed by atoms with Gasteiger partial charge in [0.15, 0.2) is 0 Å². The molecule has 0 radical (unpaired) electrons. The summed E-state index contributed by atoms with van der Waals surface area (Å²) in [7, 11) is 1.93. The zero-order chi connectivity index (χ0) is 21.5. The van der Waals surface area contributed by atoms with E-state index in [-0.39, 0.29) is 11.7 Å². The molecule has 0 bridgehead atoms. The highest BCUT2D eigenvalue weighted by molar-refractivity contribution is 6.06. The molecule has 30 heavy (non-hydrogen) atoms. The summed E-state index contributed by atoms with van der Waals surface area (Å²) in [6.45, 7) is 6.75. The van der Waals surface area contributed by atoms with E-state index in [4.69, 9.17) is 4.74 Å². The highest BCUT2D eigenvalue weighted by Crippen LogP contribution is 2.28. The maximum atomic E-state index is 14.9. The zero-order valence-electron chi connectivity index (χ0n) is 18.2. The van der Waals surface area contributed by atoms with Crippen LogP contribution in [0, 0.1) is 5.82 Å². The Morgan fingerprint density at radius 2 is 2.00 bits per heavy atom. The molecule has 5 nitrogen and oxygen atoms in total. The Balaban J connectivity index is 1.72. The summed E-state index contributed by atoms with van der Waals surface area (Å²) in [4.78, 5) is 16.7. The Kier molecular flexibility index (Phi) is 7.69. The number of benzene rings is 2. The van der Waals surface area contributed by atoms with Gasteiger partial charge in [0.05, 0.1) is 12.3 Å². The van der Waals surface area contributed by atoms with Crippen molar-refractivity contribution in [2.24, 2.45) is 0 Å². The Labute approximate surface area is 178 Å². The summed E-state index contributed by atoms with van der Waals surface area (Å²) in [5, 5.41) is 3.25. The quantitative estimate of drug-likeness (QED) is 0.616. The van der Waals surface area contributed by atoms with Crippen LogP contribution in [-0.2, 0) is 0 Å². The van der Waals surface area contributed by atoms with Gasteiger partial charge in [0.25, 0.3) is 5.91 Å². The first-order chi connectivity index (χ1) is 14.6. The fourth-order valence-electron chi connectivity index (χ4n) is 3.76. The average Bonchev–Trinajstić information content (AvgIpc) is 3.24. The van der Waals surface area contributed by atoms with Crippen LogP contribution in [0.2, 0.25) is 0 Å². The molecular weight excluding hydrogens is 381 g/mol. The van der Waals surface area contributed by atoms with Crippen LogP contribution in [0.5, 0.6) is 5.75 Å². The van der Waals surface area contributed by atoms with E-state index >= 15 is 0 Å². The van der Waals surface area contributed by atoms with Gasteiger partial charge in [-0.3, -0.25) is 4.79 Å². The number of hydrogen-bond acceptors (Lipinski definition) is 4. The maximum absolute atomic E-state index is 14.9. The summed E-state index contributed by atoms with van der Waals surface area (Å²) in [6, 6.07) is 12.6. The first-order valence-electron chi connectivity index (χ1n) is 10.8. The van der Waals surface area contributed by atoms with Crippen LogP contribution in [0.4, 0.5) is 15.8 Å². The number of hydrogen-bond donors (Lipinski definition) is 1. The van der Waals surface area contributed by atoms with E-state index in [0.29, 0.717) is 36.1 Å². The van der Waals surface area contributed by atoms with Crippen LogP contribution < -0.4 is 19.9 Å². The van der Waals surface area contributed by atoms with E-state index < -0.39 is 0 Å². The van der Waals surface area contributed by atoms with E-state index in [1.165, 1.54) is 6.07 Å². The normalized spacial score (nSPS) is 16.0. The number of ether oxygens (including phenoxy) is 1. The fraction of sp³-hybridized carbons (Fsp3) is 0.458. The number of unbranched alkanes of at least 4 members (excludes halogenated alkanes) is 1. The van der Waals surface area contributed by atoms with Crippen LogP contribution in [-0.4, -0.2) is 45.2 Å². The molecule has 2 aromatic carbocycles. The van der Waals surface area contributed by atoms with Gasteiger partial charge in [0.1, 0.15) is 11.6 Å². The van der Waals surface area contributed by atoms with Crippen LogP contribution >= 0.6 is 0 Å². The minimum Gasteiger partial charge on any atom is -0.494 e. The summed E-state index contributed by atoms with van der Waals surface area (Å²) in [5.41, 5.74) is 1.71. The lowest BCUT2D eigenvalue weighted by atomic mass is 10.1. The van der Waals surface area contributed by atoms with Crippen molar-refractivity contribution in [3.05, 3.63) is 53.8 Å². The molecule has 0 saturated carbocycles. The lowest BCUT2D eigenvalue weighted by Crippen LogP contribution is -2.31. The van der Waals surface area contributed by atoms with Crippen LogP contribution in [0.15, 0.2) is 42.5 Å². The second kappa shape index (κ2) is 10.4. The minimum atomic E-state index is -0.296. The highest BCUT2D eigenvalue weighted by Gasteiger charge is 2.24. The minimum absolute atomic E-state index is 0.152. The standard InChI is InChI=1S/C24H32FN3O2/c1-4-6-15-30-21-10-7-18(8-11-21)24(29)28(5-2)20-9-12-23(22(25)16-20)27-14-13-19(17-27)26-3/h7-12,16,19,26H,4-6,13-15,17H2,1-3H3. The molecule has 1 fully saturated rings. The third-order valence-corrected chi connectivity index (χ3v) is 5.61. The summed E-state index contributed by atoms with van der Waals surface area (Å²) in [6.07, 6.45) is 3.07. The third kappa shape index (κ3) is 5.11. The first-order valence-corrected chi connectivity index (χ1v) is 10.8. The van der Waals surface area contributed by atoms with Gasteiger partial charge >= 0.3 is 0 Å². The predicted octanol–water partition coefficient (Wildman–Crippen LogP) is 4.47. The van der Waals surface area contributed by atoms with Gasteiger partial charge < -0.3 is 19.9 Å². The van der Waals surface area contributed by atoms with E-state index in [1.54, 1.807) is 23.1 Å². The SMILES string of the molecule is CCCCOc1ccc(C(=O)N(CC)c2ccc(N3CCC(NC)C3)c(F)c2)cc1. The molecule has 0 aliphatic carbocycles. The molecule has 1 unspecified atom stereocenters. The highest BCUT2D eigenvalue weighted by atomic mass is 19.1. The van der Waals surface area contributed by atoms with Crippen molar-refractivity contribution in [3.63, 3.8) is 0 Å². The lowest BCUT2D eigenvalue weighted by molar-refractivity contribution is 0.0988. The molecule has 0 aromatic heterocycles. The number of nitrogens with one attached hydrogen (secondary N) is 1. The Hall–Kier alpha value is -2.60. The zero-order valence-corrected chi connectivity index (χ0v) is 18.2. The van der Waals surface area contributed by atoms with Gasteiger partial charge in [0, 0.05) is 36.9 Å². The number of nitrogens with zero attached hydrogens (tertiary/aromatic N) is 2. The van der Waals surface area contributed by atoms with E-state index in [2.05, 4.69) is 17.1 Å². The van der Waals surface area contributed by atoms with E-state index in [1.807, 2.05) is 32.2 Å². The van der Waals surface area contributed by atoms with Crippen molar-refractivity contribution in [3.8, 4) is 5.75 Å². The number of carbonyl (C=O) groups is 1. The average molecular weight is 414 g/mol. The second-order valence-corrected chi connectivity index (χ2v) is 7.63. The van der Waals surface area contributed by atoms with Crippen LogP contribution in [0.1, 0.15) is 43.5 Å². The van der Waals surface area contributed by atoms with Crippen molar-refractivity contribution in [1.82, 2.24) is 5.32 Å². The molecule has 1 atom stereocenters. The van der Waals surface area contributed by atoms with Crippen LogP contribution in [0.3, 0.4) is 0 Å². The van der Waals surface area contributed by atoms with Crippen molar-refractivity contribution in [2.45, 2.75) is 39.2 Å². The Morgan fingerprint density at radius 1 is 1.23 bits per heavy atom. The largest absolute Gasteiger partial charge is 0.494 e. The molecule has 1 aliphatic heterocycles. The van der Waals surface area contributed by atoms with Crippen molar-refractivity contribution in [2.75, 3.05) is 43.1 Å². The molecule has 3 rings (SSSR count). The summed E-state index contributed by atoms with van der Waals surface area (Å²) >= 11 is 0. The molecule has 1 aliphatic rings. The fourth-order valence-corrected chi connectivity index (χ4v) is 3.76. The summed E-state index contributed by atoms with van der Waals surface area (Å²) < 4.78 is 20.5. The summed E-state index contributed by atoms with van der Waals surface area (Å²) in [5.74, 6) is 0.306. The van der Waals surface area contributed by atoms with Gasteiger partial charge in [-0.15, -0.1) is 0 Å². The molecule has 162 valence electrons. The maximum Gasteiger partial charge on any atom is 0.258 e. The van der Waals surface area contributed by atoms with Gasteiger partial charge in [-0.1, -0.05) is 13.3 Å². The van der Waals surface area contributed by atoms with Crippen molar-refractivity contribution < 1.29 is 13.9 Å². The van der Waals surface area contributed by atoms with E-state index in [0.717, 1.165) is 38.1 Å². The third-order valence-electron chi connectivity index (χ3n) is 5.61. The molecule has 1 heterocycles. The molecule has 2 aromatic rings. The molecule has 0 spiro atoms. The predicted molar refractivity (Wildman–Crippen MR) is 120 cm³/mol. The molecule has 1 N–H and O–H groups in total. The number of halogens is 1. The Bertz CT molecular complexity index is 841. The molecule has 6 heteroatoms. The van der Waals surface area contributed by atoms with Gasteiger partial charge in [0.2, 0.25) is 0 Å². The molecular formula is C24H32FN3O2. The van der Waals surface area contributed by atoms with Crippen molar-refractivity contribution >= 4 is 17.3 Å². The smallest absolute Gasteiger partial charge is 0.258 e. The number of amides is 1. The van der Waals surface area contributed by atoms with E-state index in [9.17, 15) is 9.18 Å². The molecule has 1 saturated heterocycles. The lowest BCUT2D eigenvalue weighted by Gasteiger charge is -2.24.